The first-order valence-electron chi connectivity index (χ1n) is 4.77. The number of aromatic nitrogens is 1. The zero-order chi connectivity index (χ0) is 11.9. The molecule has 1 heterocycles. The molecule has 0 amide bonds. The van der Waals surface area contributed by atoms with Crippen molar-refractivity contribution < 1.29 is 13.2 Å². The number of anilines is 1. The van der Waals surface area contributed by atoms with Crippen LogP contribution in [0.5, 0.6) is 0 Å². The maximum absolute atomic E-state index is 13.4. The summed E-state index contributed by atoms with van der Waals surface area (Å²) in [6.07, 6.45) is 0.520. The number of nitrogen functional groups attached to an aromatic ring is 1. The summed E-state index contributed by atoms with van der Waals surface area (Å²) in [6.45, 7) is 1.80. The highest BCUT2D eigenvalue weighted by molar-refractivity contribution is 5.82. The number of rotatable bonds is 1. The lowest BCUT2D eigenvalue weighted by atomic mass is 10.1. The molecule has 84 valence electrons. The summed E-state index contributed by atoms with van der Waals surface area (Å²) in [6, 6.07) is 1.80. The van der Waals surface area contributed by atoms with E-state index in [1.807, 2.05) is 0 Å². The number of hydrogen-bond acceptors (Lipinski definition) is 2. The van der Waals surface area contributed by atoms with E-state index in [9.17, 15) is 13.2 Å². The molecule has 2 nitrogen and oxygen atoms in total. The van der Waals surface area contributed by atoms with Crippen molar-refractivity contribution in [2.45, 2.75) is 13.3 Å². The van der Waals surface area contributed by atoms with Gasteiger partial charge in [0, 0.05) is 11.5 Å². The monoisotopic (exact) mass is 226 g/mol. The molecule has 16 heavy (non-hydrogen) atoms. The van der Waals surface area contributed by atoms with Crippen molar-refractivity contribution in [3.8, 4) is 0 Å². The van der Waals surface area contributed by atoms with E-state index in [0.717, 1.165) is 0 Å². The van der Waals surface area contributed by atoms with Crippen molar-refractivity contribution in [1.29, 1.82) is 0 Å². The Morgan fingerprint density at radius 2 is 1.88 bits per heavy atom. The second kappa shape index (κ2) is 3.66. The summed E-state index contributed by atoms with van der Waals surface area (Å²) >= 11 is 0. The molecule has 5 heteroatoms. The van der Waals surface area contributed by atoms with Gasteiger partial charge in [0.1, 0.15) is 11.3 Å². The first-order chi connectivity index (χ1) is 7.54. The summed E-state index contributed by atoms with van der Waals surface area (Å²) in [5.41, 5.74) is 5.88. The van der Waals surface area contributed by atoms with E-state index < -0.39 is 17.5 Å². The Morgan fingerprint density at radius 1 is 1.19 bits per heavy atom. The second-order valence-corrected chi connectivity index (χ2v) is 3.44. The molecule has 2 rings (SSSR count). The molecule has 1 aromatic heterocycles. The molecule has 0 spiro atoms. The number of pyridine rings is 1. The lowest BCUT2D eigenvalue weighted by molar-refractivity contribution is 0.505. The summed E-state index contributed by atoms with van der Waals surface area (Å²) in [5, 5.41) is -0.177. The third-order valence-corrected chi connectivity index (χ3v) is 2.44. The molecule has 0 aliphatic carbocycles. The fraction of sp³-hybridized carbons (Fsp3) is 0.182. The van der Waals surface area contributed by atoms with Crippen molar-refractivity contribution in [1.82, 2.24) is 4.98 Å². The molecule has 2 aromatic rings. The van der Waals surface area contributed by atoms with E-state index in [1.165, 1.54) is 6.07 Å². The van der Waals surface area contributed by atoms with Crippen molar-refractivity contribution in [2.24, 2.45) is 0 Å². The Kier molecular flexibility index (Phi) is 2.46. The molecule has 0 bridgehead atoms. The molecule has 2 N–H and O–H groups in total. The molecule has 0 aliphatic heterocycles. The molecule has 0 fully saturated rings. The SMILES string of the molecule is CCc1cc2c(F)c(F)cc(F)c2nc1N. The number of nitrogens with two attached hydrogens (primary N) is 1. The van der Waals surface area contributed by atoms with Crippen LogP contribution >= 0.6 is 0 Å². The summed E-state index contributed by atoms with van der Waals surface area (Å²) in [4.78, 5) is 3.74. The molecular formula is C11H9F3N2. The van der Waals surface area contributed by atoms with Crippen LogP contribution in [0.1, 0.15) is 12.5 Å². The van der Waals surface area contributed by atoms with Gasteiger partial charge in [0.25, 0.3) is 0 Å². The Morgan fingerprint density at radius 3 is 2.50 bits per heavy atom. The van der Waals surface area contributed by atoms with Gasteiger partial charge in [-0.3, -0.25) is 0 Å². The van der Waals surface area contributed by atoms with Gasteiger partial charge in [0.15, 0.2) is 17.5 Å². The maximum atomic E-state index is 13.4. The normalized spacial score (nSPS) is 11.0. The minimum Gasteiger partial charge on any atom is -0.383 e. The third kappa shape index (κ3) is 1.48. The Balaban J connectivity index is 2.90. The van der Waals surface area contributed by atoms with Gasteiger partial charge in [-0.15, -0.1) is 0 Å². The van der Waals surface area contributed by atoms with Crippen molar-refractivity contribution in [3.63, 3.8) is 0 Å². The van der Waals surface area contributed by atoms with E-state index in [4.69, 9.17) is 5.73 Å². The molecule has 0 radical (unpaired) electrons. The van der Waals surface area contributed by atoms with E-state index >= 15 is 0 Å². The van der Waals surface area contributed by atoms with Crippen LogP contribution in [0.4, 0.5) is 19.0 Å². The predicted octanol–water partition coefficient (Wildman–Crippen LogP) is 2.80. The van der Waals surface area contributed by atoms with Gasteiger partial charge in [-0.25, -0.2) is 18.2 Å². The van der Waals surface area contributed by atoms with Crippen LogP contribution in [-0.4, -0.2) is 4.98 Å². The quantitative estimate of drug-likeness (QED) is 0.759. The average Bonchev–Trinajstić information content (AvgIpc) is 2.25. The first-order valence-corrected chi connectivity index (χ1v) is 4.77. The van der Waals surface area contributed by atoms with Crippen molar-refractivity contribution in [2.75, 3.05) is 5.73 Å². The number of fused-ring (bicyclic) bond motifs is 1. The molecular weight excluding hydrogens is 217 g/mol. The molecule has 0 saturated carbocycles. The topological polar surface area (TPSA) is 38.9 Å². The van der Waals surface area contributed by atoms with Crippen LogP contribution in [0.3, 0.4) is 0 Å². The summed E-state index contributed by atoms with van der Waals surface area (Å²) < 4.78 is 39.7. The van der Waals surface area contributed by atoms with Gasteiger partial charge in [0.2, 0.25) is 0 Å². The number of benzene rings is 1. The highest BCUT2D eigenvalue weighted by atomic mass is 19.2. The summed E-state index contributed by atoms with van der Waals surface area (Å²) in [7, 11) is 0. The molecule has 0 aliphatic rings. The smallest absolute Gasteiger partial charge is 0.168 e. The van der Waals surface area contributed by atoms with E-state index in [1.54, 1.807) is 6.92 Å². The number of aryl methyl sites for hydroxylation is 1. The van der Waals surface area contributed by atoms with Crippen LogP contribution in [0.2, 0.25) is 0 Å². The Labute approximate surface area is 89.9 Å². The standard InChI is InChI=1S/C11H9F3N2/c1-2-5-3-6-9(14)7(12)4-8(13)10(6)16-11(5)15/h3-4H,2H2,1H3,(H2,15,16). The van der Waals surface area contributed by atoms with Crippen molar-refractivity contribution >= 4 is 16.7 Å². The zero-order valence-corrected chi connectivity index (χ0v) is 8.52. The average molecular weight is 226 g/mol. The minimum atomic E-state index is -1.22. The lowest BCUT2D eigenvalue weighted by Crippen LogP contribution is -2.01. The first kappa shape index (κ1) is 10.7. The highest BCUT2D eigenvalue weighted by Crippen LogP contribution is 2.25. The Bertz CT molecular complexity index is 567. The summed E-state index contributed by atoms with van der Waals surface area (Å²) in [5.74, 6) is -3.10. The maximum Gasteiger partial charge on any atom is 0.168 e. The van der Waals surface area contributed by atoms with E-state index in [0.29, 0.717) is 18.1 Å². The largest absolute Gasteiger partial charge is 0.383 e. The van der Waals surface area contributed by atoms with Gasteiger partial charge < -0.3 is 5.73 Å². The van der Waals surface area contributed by atoms with Gasteiger partial charge >= 0.3 is 0 Å². The van der Waals surface area contributed by atoms with E-state index in [-0.39, 0.29) is 16.7 Å². The van der Waals surface area contributed by atoms with Gasteiger partial charge in [-0.2, -0.15) is 0 Å². The van der Waals surface area contributed by atoms with E-state index in [2.05, 4.69) is 4.98 Å². The zero-order valence-electron chi connectivity index (χ0n) is 8.52. The molecule has 1 aromatic carbocycles. The number of halogens is 3. The number of nitrogens with zero attached hydrogens (tertiary/aromatic N) is 1. The molecule has 0 saturated heterocycles. The van der Waals surface area contributed by atoms with Crippen LogP contribution in [-0.2, 0) is 6.42 Å². The fourth-order valence-corrected chi connectivity index (χ4v) is 1.57. The van der Waals surface area contributed by atoms with Gasteiger partial charge in [-0.05, 0) is 18.1 Å². The molecule has 0 atom stereocenters. The lowest BCUT2D eigenvalue weighted by Gasteiger charge is -2.07. The predicted molar refractivity (Wildman–Crippen MR) is 55.4 cm³/mol. The third-order valence-electron chi connectivity index (χ3n) is 2.44. The van der Waals surface area contributed by atoms with Crippen LogP contribution < -0.4 is 5.73 Å². The number of hydrogen-bond donors (Lipinski definition) is 1. The van der Waals surface area contributed by atoms with Crippen LogP contribution in [0.25, 0.3) is 10.9 Å². The highest BCUT2D eigenvalue weighted by Gasteiger charge is 2.15. The van der Waals surface area contributed by atoms with Gasteiger partial charge in [-0.1, -0.05) is 6.92 Å². The van der Waals surface area contributed by atoms with Crippen LogP contribution in [0, 0.1) is 17.5 Å². The van der Waals surface area contributed by atoms with Crippen LogP contribution in [0.15, 0.2) is 12.1 Å². The molecule has 0 unspecified atom stereocenters. The fourth-order valence-electron chi connectivity index (χ4n) is 1.57. The van der Waals surface area contributed by atoms with Gasteiger partial charge in [0.05, 0.1) is 0 Å². The van der Waals surface area contributed by atoms with Crippen molar-refractivity contribution in [3.05, 3.63) is 35.1 Å². The minimum absolute atomic E-state index is 0.139. The second-order valence-electron chi connectivity index (χ2n) is 3.44. The Hall–Kier alpha value is -1.78.